The zero-order valence-electron chi connectivity index (χ0n) is 4.36. The molecule has 0 aromatic heterocycles. The largest absolute Gasteiger partial charge is 0.506 e. The van der Waals surface area contributed by atoms with E-state index in [1.54, 1.807) is 0 Å². The Morgan fingerprint density at radius 3 is 2.78 bits per heavy atom. The molecule has 0 unspecified atom stereocenters. The van der Waals surface area contributed by atoms with Crippen LogP contribution >= 0.6 is 11.6 Å². The fourth-order valence-corrected chi connectivity index (χ4v) is 0.596. The molecule has 47 valence electrons. The molecular formula is C6H3ClFO. The van der Waals surface area contributed by atoms with Gasteiger partial charge in [-0.05, 0) is 12.1 Å². The van der Waals surface area contributed by atoms with Crippen molar-refractivity contribution in [2.45, 2.75) is 0 Å². The fraction of sp³-hybridized carbons (Fsp3) is 0. The molecule has 3 heteroatoms. The Morgan fingerprint density at radius 1 is 1.67 bits per heavy atom. The Balaban J connectivity index is 3.17. The van der Waals surface area contributed by atoms with Gasteiger partial charge in [0.15, 0.2) is 0 Å². The molecule has 9 heavy (non-hydrogen) atoms. The smallest absolute Gasteiger partial charge is 0.142 e. The fourth-order valence-electron chi connectivity index (χ4n) is 0.437. The normalized spacial score (nSPS) is 9.56. The third-order valence-corrected chi connectivity index (χ3v) is 1.13. The molecule has 0 heterocycles. The van der Waals surface area contributed by atoms with Crippen molar-refractivity contribution in [2.24, 2.45) is 0 Å². The van der Waals surface area contributed by atoms with E-state index >= 15 is 0 Å². The average molecular weight is 146 g/mol. The first kappa shape index (κ1) is 6.36. The molecule has 0 amide bonds. The highest BCUT2D eigenvalue weighted by atomic mass is 35.5. The third-order valence-electron chi connectivity index (χ3n) is 0.838. The number of phenolic OH excluding ortho intramolecular Hbond substituents is 1. The van der Waals surface area contributed by atoms with Crippen LogP contribution in [-0.2, 0) is 0 Å². The van der Waals surface area contributed by atoms with Crippen LogP contribution in [0.4, 0.5) is 4.39 Å². The van der Waals surface area contributed by atoms with Crippen LogP contribution in [0.5, 0.6) is 5.75 Å². The number of benzene rings is 1. The van der Waals surface area contributed by atoms with Crippen LogP contribution in [0.2, 0.25) is 5.02 Å². The second-order valence-electron chi connectivity index (χ2n) is 1.51. The van der Waals surface area contributed by atoms with Crippen LogP contribution in [0.15, 0.2) is 12.1 Å². The molecule has 0 fully saturated rings. The van der Waals surface area contributed by atoms with Crippen LogP contribution in [0.25, 0.3) is 0 Å². The average Bonchev–Trinajstić information content (AvgIpc) is 1.80. The van der Waals surface area contributed by atoms with E-state index in [0.29, 0.717) is 0 Å². The number of rotatable bonds is 0. The number of aromatic hydroxyl groups is 1. The lowest BCUT2D eigenvalue weighted by atomic mass is 10.3. The van der Waals surface area contributed by atoms with Crippen molar-refractivity contribution >= 4 is 11.6 Å². The summed E-state index contributed by atoms with van der Waals surface area (Å²) in [5, 5.41) is 8.67. The summed E-state index contributed by atoms with van der Waals surface area (Å²) in [4.78, 5) is 0. The topological polar surface area (TPSA) is 20.2 Å². The summed E-state index contributed by atoms with van der Waals surface area (Å²) < 4.78 is 12.1. The Bertz CT molecular complexity index is 224. The summed E-state index contributed by atoms with van der Waals surface area (Å²) in [5.74, 6) is -0.726. The van der Waals surface area contributed by atoms with Gasteiger partial charge in [0.05, 0.1) is 5.02 Å². The van der Waals surface area contributed by atoms with E-state index in [0.717, 1.165) is 12.1 Å². The molecule has 0 aliphatic rings. The van der Waals surface area contributed by atoms with Crippen molar-refractivity contribution < 1.29 is 9.50 Å². The highest BCUT2D eigenvalue weighted by Gasteiger charge is 1.97. The van der Waals surface area contributed by atoms with Crippen molar-refractivity contribution in [3.05, 3.63) is 29.0 Å². The molecule has 0 atom stereocenters. The highest BCUT2D eigenvalue weighted by Crippen LogP contribution is 2.21. The second kappa shape index (κ2) is 2.23. The van der Waals surface area contributed by atoms with Crippen LogP contribution in [0.1, 0.15) is 0 Å². The standard InChI is InChI=1S/C6H3ClFO/c7-5-3-4(8)1-2-6(5)9/h1,3,9H. The van der Waals surface area contributed by atoms with E-state index in [-0.39, 0.29) is 10.8 Å². The zero-order chi connectivity index (χ0) is 6.85. The van der Waals surface area contributed by atoms with Crippen LogP contribution < -0.4 is 0 Å². The zero-order valence-corrected chi connectivity index (χ0v) is 5.11. The maximum atomic E-state index is 12.1. The molecular weight excluding hydrogens is 143 g/mol. The quantitative estimate of drug-likeness (QED) is 0.592. The first-order chi connectivity index (χ1) is 4.20. The van der Waals surface area contributed by atoms with Gasteiger partial charge in [0, 0.05) is 6.07 Å². The van der Waals surface area contributed by atoms with Gasteiger partial charge in [0.1, 0.15) is 11.6 Å². The maximum absolute atomic E-state index is 12.1. The van der Waals surface area contributed by atoms with Gasteiger partial charge in [-0.1, -0.05) is 11.6 Å². The van der Waals surface area contributed by atoms with Crippen LogP contribution in [0, 0.1) is 11.9 Å². The Kier molecular flexibility index (Phi) is 1.58. The summed E-state index contributed by atoms with van der Waals surface area (Å²) in [5.41, 5.74) is 0. The van der Waals surface area contributed by atoms with E-state index in [4.69, 9.17) is 16.7 Å². The molecule has 0 aliphatic heterocycles. The Morgan fingerprint density at radius 2 is 2.33 bits per heavy atom. The third kappa shape index (κ3) is 1.33. The lowest BCUT2D eigenvalue weighted by Crippen LogP contribution is -1.72. The van der Waals surface area contributed by atoms with Gasteiger partial charge in [-0.15, -0.1) is 0 Å². The molecule has 1 N–H and O–H groups in total. The van der Waals surface area contributed by atoms with Gasteiger partial charge in [-0.25, -0.2) is 4.39 Å². The molecule has 1 aromatic carbocycles. The van der Waals surface area contributed by atoms with Gasteiger partial charge in [0.2, 0.25) is 0 Å². The lowest BCUT2D eigenvalue weighted by Gasteiger charge is -1.92. The lowest BCUT2D eigenvalue weighted by molar-refractivity contribution is 0.472. The minimum atomic E-state index is -0.502. The van der Waals surface area contributed by atoms with Gasteiger partial charge in [-0.2, -0.15) is 0 Å². The van der Waals surface area contributed by atoms with E-state index < -0.39 is 5.82 Å². The van der Waals surface area contributed by atoms with Crippen molar-refractivity contribution in [2.75, 3.05) is 0 Å². The second-order valence-corrected chi connectivity index (χ2v) is 1.92. The molecule has 1 aromatic rings. The minimum absolute atomic E-state index is 0.0185. The first-order valence-corrected chi connectivity index (χ1v) is 2.63. The van der Waals surface area contributed by atoms with Gasteiger partial charge >= 0.3 is 0 Å². The molecule has 0 saturated heterocycles. The Hall–Kier alpha value is -0.760. The molecule has 0 spiro atoms. The molecule has 1 rings (SSSR count). The van der Waals surface area contributed by atoms with E-state index in [1.165, 1.54) is 0 Å². The number of phenols is 1. The van der Waals surface area contributed by atoms with Crippen molar-refractivity contribution in [1.29, 1.82) is 0 Å². The van der Waals surface area contributed by atoms with E-state index in [1.807, 2.05) is 0 Å². The first-order valence-electron chi connectivity index (χ1n) is 2.26. The minimum Gasteiger partial charge on any atom is -0.506 e. The Labute approximate surface area is 56.7 Å². The summed E-state index contributed by atoms with van der Waals surface area (Å²) in [7, 11) is 0. The summed E-state index contributed by atoms with van der Waals surface area (Å²) in [6.45, 7) is 0. The maximum Gasteiger partial charge on any atom is 0.142 e. The summed E-state index contributed by atoms with van der Waals surface area (Å²) in [6.07, 6.45) is 0. The number of hydrogen-bond acceptors (Lipinski definition) is 1. The molecule has 1 nitrogen and oxygen atoms in total. The molecule has 0 aliphatic carbocycles. The molecule has 0 bridgehead atoms. The van der Waals surface area contributed by atoms with E-state index in [2.05, 4.69) is 6.07 Å². The molecule has 0 saturated carbocycles. The van der Waals surface area contributed by atoms with Gasteiger partial charge < -0.3 is 5.11 Å². The summed E-state index contributed by atoms with van der Waals surface area (Å²) >= 11 is 5.29. The number of hydrogen-bond donors (Lipinski definition) is 1. The SMILES string of the molecule is Oc1[c]cc(F)cc1Cl. The van der Waals surface area contributed by atoms with Gasteiger partial charge in [-0.3, -0.25) is 0 Å². The van der Waals surface area contributed by atoms with Gasteiger partial charge in [0.25, 0.3) is 0 Å². The predicted octanol–water partition coefficient (Wildman–Crippen LogP) is 1.98. The summed E-state index contributed by atoms with van der Waals surface area (Å²) in [6, 6.07) is 4.25. The number of halogens is 2. The molecule has 1 radical (unpaired) electrons. The highest BCUT2D eigenvalue weighted by molar-refractivity contribution is 6.31. The van der Waals surface area contributed by atoms with Crippen molar-refractivity contribution in [3.8, 4) is 5.75 Å². The predicted molar refractivity (Wildman–Crippen MR) is 31.9 cm³/mol. The van der Waals surface area contributed by atoms with Crippen molar-refractivity contribution in [1.82, 2.24) is 0 Å². The van der Waals surface area contributed by atoms with E-state index in [9.17, 15) is 4.39 Å². The van der Waals surface area contributed by atoms with Crippen molar-refractivity contribution in [3.63, 3.8) is 0 Å². The monoisotopic (exact) mass is 145 g/mol. The van der Waals surface area contributed by atoms with Crippen LogP contribution in [0.3, 0.4) is 0 Å². The van der Waals surface area contributed by atoms with Crippen LogP contribution in [-0.4, -0.2) is 5.11 Å².